The van der Waals surface area contributed by atoms with Gasteiger partial charge in [-0.3, -0.25) is 5.32 Å². The normalized spacial score (nSPS) is 16.3. The first kappa shape index (κ1) is 9.76. The number of hydrogen-bond donors (Lipinski definition) is 1. The molecular weight excluding hydrogens is 190 g/mol. The summed E-state index contributed by atoms with van der Waals surface area (Å²) in [5.41, 5.74) is 1.57. The highest BCUT2D eigenvalue weighted by Crippen LogP contribution is 2.33. The third-order valence-corrected chi connectivity index (χ3v) is 4.12. The average molecular weight is 205 g/mol. The van der Waals surface area contributed by atoms with E-state index in [1.807, 2.05) is 11.3 Å². The molecule has 1 aromatic heterocycles. The van der Waals surface area contributed by atoms with Crippen molar-refractivity contribution in [1.82, 2.24) is 5.32 Å². The van der Waals surface area contributed by atoms with Gasteiger partial charge in [0.05, 0.1) is 6.54 Å². The monoisotopic (exact) mass is 205 g/mol. The molecule has 0 aliphatic heterocycles. The Morgan fingerprint density at radius 2 is 2.50 bits per heavy atom. The van der Waals surface area contributed by atoms with Crippen molar-refractivity contribution in [3.63, 3.8) is 0 Å². The second-order valence-electron chi connectivity index (χ2n) is 3.76. The number of fused-ring (bicyclic) bond motifs is 1. The van der Waals surface area contributed by atoms with Gasteiger partial charge in [-0.25, -0.2) is 0 Å². The second kappa shape index (κ2) is 4.16. The molecule has 74 valence electrons. The van der Waals surface area contributed by atoms with Crippen LogP contribution in [0.15, 0.2) is 6.07 Å². The van der Waals surface area contributed by atoms with Crippen LogP contribution in [0.1, 0.15) is 34.7 Å². The van der Waals surface area contributed by atoms with E-state index in [0.29, 0.717) is 12.6 Å². The third kappa shape index (κ3) is 1.84. The summed E-state index contributed by atoms with van der Waals surface area (Å²) >= 11 is 1.95. The highest BCUT2D eigenvalue weighted by molar-refractivity contribution is 7.12. The lowest BCUT2D eigenvalue weighted by Gasteiger charge is -2.08. The fourth-order valence-electron chi connectivity index (χ4n) is 1.88. The van der Waals surface area contributed by atoms with Crippen LogP contribution in [0.25, 0.3) is 0 Å². The molecule has 0 saturated heterocycles. The molecule has 2 rings (SSSR count). The lowest BCUT2D eigenvalue weighted by Crippen LogP contribution is -2.17. The van der Waals surface area contributed by atoms with E-state index in [1.165, 1.54) is 24.1 Å². The highest BCUT2D eigenvalue weighted by Gasteiger charge is 2.17. The predicted octanol–water partition coefficient (Wildman–Crippen LogP) is 2.52. The summed E-state index contributed by atoms with van der Waals surface area (Å²) in [4.78, 5) is 3.03. The first-order valence-electron chi connectivity index (χ1n) is 5.09. The molecule has 1 atom stereocenters. The second-order valence-corrected chi connectivity index (χ2v) is 4.93. The van der Waals surface area contributed by atoms with Crippen LogP contribution in [0.3, 0.4) is 0 Å². The molecule has 1 aliphatic rings. The Labute approximate surface area is 89.5 Å². The van der Waals surface area contributed by atoms with Crippen LogP contribution >= 0.6 is 11.3 Å². The van der Waals surface area contributed by atoms with E-state index in [4.69, 9.17) is 6.42 Å². The van der Waals surface area contributed by atoms with Gasteiger partial charge in [-0.1, -0.05) is 5.92 Å². The minimum absolute atomic E-state index is 0.404. The van der Waals surface area contributed by atoms with Crippen molar-refractivity contribution in [1.29, 1.82) is 0 Å². The number of hydrogen-bond acceptors (Lipinski definition) is 2. The van der Waals surface area contributed by atoms with Crippen molar-refractivity contribution in [3.8, 4) is 12.3 Å². The summed E-state index contributed by atoms with van der Waals surface area (Å²) in [6.07, 6.45) is 9.11. The van der Waals surface area contributed by atoms with Gasteiger partial charge in [0, 0.05) is 15.8 Å². The van der Waals surface area contributed by atoms with Gasteiger partial charge in [0.2, 0.25) is 0 Å². The van der Waals surface area contributed by atoms with Crippen LogP contribution in [0.4, 0.5) is 0 Å². The van der Waals surface area contributed by atoms with Crippen molar-refractivity contribution < 1.29 is 0 Å². The van der Waals surface area contributed by atoms with Gasteiger partial charge in [-0.15, -0.1) is 17.8 Å². The molecule has 14 heavy (non-hydrogen) atoms. The van der Waals surface area contributed by atoms with Crippen molar-refractivity contribution in [2.24, 2.45) is 0 Å². The van der Waals surface area contributed by atoms with Crippen LogP contribution in [0.5, 0.6) is 0 Å². The maximum absolute atomic E-state index is 5.22. The van der Waals surface area contributed by atoms with Gasteiger partial charge in [0.1, 0.15) is 0 Å². The highest BCUT2D eigenvalue weighted by atomic mass is 32.1. The molecule has 0 spiro atoms. The van der Waals surface area contributed by atoms with Crippen LogP contribution in [-0.4, -0.2) is 6.54 Å². The van der Waals surface area contributed by atoms with Gasteiger partial charge in [0.15, 0.2) is 0 Å². The topological polar surface area (TPSA) is 12.0 Å². The summed E-state index contributed by atoms with van der Waals surface area (Å²) in [5.74, 6) is 2.61. The van der Waals surface area contributed by atoms with Gasteiger partial charge in [0.25, 0.3) is 0 Å². The number of nitrogens with one attached hydrogen (secondary N) is 1. The van der Waals surface area contributed by atoms with E-state index in [9.17, 15) is 0 Å². The molecule has 0 radical (unpaired) electrons. The molecule has 0 fully saturated rings. The molecule has 1 aromatic rings. The molecule has 1 N–H and O–H groups in total. The van der Waals surface area contributed by atoms with Crippen molar-refractivity contribution in [3.05, 3.63) is 21.4 Å². The van der Waals surface area contributed by atoms with E-state index in [2.05, 4.69) is 24.2 Å². The first-order chi connectivity index (χ1) is 6.81. The maximum atomic E-state index is 5.22. The molecule has 1 nitrogen and oxygen atoms in total. The largest absolute Gasteiger partial charge is 0.299 e. The Morgan fingerprint density at radius 1 is 1.64 bits per heavy atom. The smallest absolute Gasteiger partial charge is 0.0578 e. The minimum atomic E-state index is 0.404. The first-order valence-corrected chi connectivity index (χ1v) is 5.91. The molecule has 1 aliphatic carbocycles. The summed E-state index contributed by atoms with van der Waals surface area (Å²) in [6, 6.07) is 2.75. The average Bonchev–Trinajstić information content (AvgIpc) is 2.72. The van der Waals surface area contributed by atoms with Crippen LogP contribution in [0.2, 0.25) is 0 Å². The molecule has 0 bridgehead atoms. The number of terminal acetylenes is 1. The summed E-state index contributed by atoms with van der Waals surface area (Å²) in [7, 11) is 0. The van der Waals surface area contributed by atoms with Crippen molar-refractivity contribution >= 4 is 11.3 Å². The van der Waals surface area contributed by atoms with Gasteiger partial charge in [-0.05, 0) is 37.8 Å². The summed E-state index contributed by atoms with van der Waals surface area (Å²) in [6.45, 7) is 2.84. The molecule has 0 saturated carbocycles. The van der Waals surface area contributed by atoms with E-state index in [-0.39, 0.29) is 0 Å². The predicted molar refractivity (Wildman–Crippen MR) is 61.6 cm³/mol. The molecule has 1 unspecified atom stereocenters. The zero-order valence-electron chi connectivity index (χ0n) is 8.47. The molecule has 2 heteroatoms. The Hall–Kier alpha value is -0.780. The minimum Gasteiger partial charge on any atom is -0.299 e. The van der Waals surface area contributed by atoms with E-state index < -0.39 is 0 Å². The van der Waals surface area contributed by atoms with E-state index in [0.717, 1.165) is 0 Å². The lowest BCUT2D eigenvalue weighted by molar-refractivity contribution is 0.633. The van der Waals surface area contributed by atoms with Gasteiger partial charge in [-0.2, -0.15) is 0 Å². The Morgan fingerprint density at radius 3 is 3.21 bits per heavy atom. The lowest BCUT2D eigenvalue weighted by atomic mass is 10.2. The van der Waals surface area contributed by atoms with E-state index >= 15 is 0 Å². The van der Waals surface area contributed by atoms with Crippen LogP contribution in [-0.2, 0) is 12.8 Å². The summed E-state index contributed by atoms with van der Waals surface area (Å²) < 4.78 is 0. The van der Waals surface area contributed by atoms with Crippen molar-refractivity contribution in [2.75, 3.05) is 6.54 Å². The molecule has 1 heterocycles. The van der Waals surface area contributed by atoms with E-state index in [1.54, 1.807) is 10.4 Å². The number of thiophene rings is 1. The van der Waals surface area contributed by atoms with Crippen molar-refractivity contribution in [2.45, 2.75) is 32.2 Å². The number of rotatable bonds is 3. The Balaban J connectivity index is 2.06. The van der Waals surface area contributed by atoms with Crippen LogP contribution < -0.4 is 5.32 Å². The van der Waals surface area contributed by atoms with Gasteiger partial charge >= 0.3 is 0 Å². The van der Waals surface area contributed by atoms with Gasteiger partial charge < -0.3 is 0 Å². The third-order valence-electron chi connectivity index (χ3n) is 2.70. The van der Waals surface area contributed by atoms with Crippen LogP contribution in [0, 0.1) is 12.3 Å². The summed E-state index contributed by atoms with van der Waals surface area (Å²) in [5, 5.41) is 3.31. The standard InChI is InChI=1S/C12H15NS/c1-3-7-13-9(2)12-8-10-5-4-6-11(10)14-12/h1,8-9,13H,4-7H2,2H3. The maximum Gasteiger partial charge on any atom is 0.0578 e. The zero-order valence-corrected chi connectivity index (χ0v) is 9.29. The Kier molecular flexibility index (Phi) is 2.90. The Bertz CT molecular complexity index is 337. The molecule has 0 aromatic carbocycles. The number of aryl methyl sites for hydroxylation is 2. The fraction of sp³-hybridized carbons (Fsp3) is 0.500. The SMILES string of the molecule is C#CCNC(C)c1cc2c(s1)CCC2. The zero-order chi connectivity index (χ0) is 9.97. The fourth-order valence-corrected chi connectivity index (χ4v) is 3.16. The quantitative estimate of drug-likeness (QED) is 0.748. The molecular formula is C12H15NS. The molecule has 0 amide bonds.